The molecule has 106 valence electrons. The summed E-state index contributed by atoms with van der Waals surface area (Å²) < 4.78 is 1.56. The van der Waals surface area contributed by atoms with Gasteiger partial charge in [0, 0.05) is 13.6 Å². The minimum absolute atomic E-state index is 0.262. The average Bonchev–Trinajstić information content (AvgIpc) is 2.77. The highest BCUT2D eigenvalue weighted by molar-refractivity contribution is 5.73. The largest absolute Gasteiger partial charge is 0.481 e. The quantitative estimate of drug-likeness (QED) is 0.609. The van der Waals surface area contributed by atoms with Gasteiger partial charge in [-0.3, -0.25) is 9.48 Å². The Morgan fingerprint density at radius 3 is 2.79 bits per heavy atom. The lowest BCUT2D eigenvalue weighted by Crippen LogP contribution is -2.36. The maximum atomic E-state index is 11.4. The molecule has 2 amide bonds. The lowest BCUT2D eigenvalue weighted by atomic mass is 10.1. The van der Waals surface area contributed by atoms with Crippen LogP contribution in [0, 0.1) is 5.92 Å². The van der Waals surface area contributed by atoms with Gasteiger partial charge in [-0.1, -0.05) is 6.92 Å². The van der Waals surface area contributed by atoms with E-state index in [2.05, 4.69) is 20.7 Å². The van der Waals surface area contributed by atoms with Crippen molar-refractivity contribution in [3.05, 3.63) is 12.2 Å². The molecule has 0 fully saturated rings. The Kier molecular flexibility index (Phi) is 5.77. The number of aliphatic carboxylic acids is 1. The van der Waals surface area contributed by atoms with Crippen LogP contribution in [0.3, 0.4) is 0 Å². The van der Waals surface area contributed by atoms with Crippen molar-refractivity contribution in [3.8, 4) is 0 Å². The number of carbonyl (C=O) groups is 2. The summed E-state index contributed by atoms with van der Waals surface area (Å²) in [5.41, 5.74) is 0. The van der Waals surface area contributed by atoms with E-state index in [4.69, 9.17) is 5.11 Å². The summed E-state index contributed by atoms with van der Waals surface area (Å²) in [5.74, 6) is -0.662. The second-order valence-corrected chi connectivity index (χ2v) is 4.33. The molecule has 0 aliphatic heterocycles. The van der Waals surface area contributed by atoms with Crippen LogP contribution in [0.1, 0.15) is 25.6 Å². The van der Waals surface area contributed by atoms with E-state index in [1.54, 1.807) is 25.0 Å². The zero-order valence-electron chi connectivity index (χ0n) is 11.1. The molecule has 1 rings (SSSR count). The number of hydrogen-bond donors (Lipinski definition) is 3. The Balaban J connectivity index is 2.10. The molecule has 0 aromatic carbocycles. The van der Waals surface area contributed by atoms with E-state index < -0.39 is 5.97 Å². The van der Waals surface area contributed by atoms with Gasteiger partial charge in [0.05, 0.1) is 12.5 Å². The normalized spacial score (nSPS) is 11.9. The standard InChI is InChI=1S/C11H19N5O3/c1-8(10(17)18)4-3-5-12-11(19)13-6-9-14-7-16(2)15-9/h7-8H,3-6H2,1-2H3,(H,17,18)(H2,12,13,19). The number of aryl methyl sites for hydroxylation is 1. The van der Waals surface area contributed by atoms with Crippen LogP contribution in [0.15, 0.2) is 6.33 Å². The molecule has 3 N–H and O–H groups in total. The monoisotopic (exact) mass is 269 g/mol. The highest BCUT2D eigenvalue weighted by Crippen LogP contribution is 2.03. The Hall–Kier alpha value is -2.12. The summed E-state index contributed by atoms with van der Waals surface area (Å²) in [6.07, 6.45) is 2.72. The predicted octanol–water partition coefficient (Wildman–Crippen LogP) is 0.115. The maximum Gasteiger partial charge on any atom is 0.315 e. The van der Waals surface area contributed by atoms with Crippen LogP contribution >= 0.6 is 0 Å². The number of carbonyl (C=O) groups excluding carboxylic acids is 1. The summed E-state index contributed by atoms with van der Waals surface area (Å²) in [6, 6.07) is -0.310. The van der Waals surface area contributed by atoms with Crippen LogP contribution in [-0.2, 0) is 18.4 Å². The number of aromatic nitrogens is 3. The zero-order chi connectivity index (χ0) is 14.3. The van der Waals surface area contributed by atoms with Crippen molar-refractivity contribution in [2.45, 2.75) is 26.3 Å². The van der Waals surface area contributed by atoms with E-state index in [0.29, 0.717) is 25.2 Å². The lowest BCUT2D eigenvalue weighted by molar-refractivity contribution is -0.141. The molecule has 1 unspecified atom stereocenters. The number of hydrogen-bond acceptors (Lipinski definition) is 4. The number of urea groups is 1. The van der Waals surface area contributed by atoms with Crippen molar-refractivity contribution in [1.82, 2.24) is 25.4 Å². The number of amides is 2. The van der Waals surface area contributed by atoms with Gasteiger partial charge in [0.1, 0.15) is 6.33 Å². The zero-order valence-corrected chi connectivity index (χ0v) is 11.1. The van der Waals surface area contributed by atoms with Gasteiger partial charge in [-0.2, -0.15) is 5.10 Å². The number of nitrogens with zero attached hydrogens (tertiary/aromatic N) is 3. The molecule has 1 atom stereocenters. The molecule has 0 bridgehead atoms. The fourth-order valence-electron chi connectivity index (χ4n) is 1.42. The fourth-order valence-corrected chi connectivity index (χ4v) is 1.42. The summed E-state index contributed by atoms with van der Waals surface area (Å²) in [4.78, 5) is 25.9. The molecule has 0 saturated carbocycles. The third kappa shape index (κ3) is 5.84. The summed E-state index contributed by atoms with van der Waals surface area (Å²) >= 11 is 0. The molecule has 0 radical (unpaired) electrons. The van der Waals surface area contributed by atoms with Crippen molar-refractivity contribution < 1.29 is 14.7 Å². The SMILES string of the molecule is CC(CCCNC(=O)NCc1ncn(C)n1)C(=O)O. The van der Waals surface area contributed by atoms with Crippen molar-refractivity contribution in [3.63, 3.8) is 0 Å². The van der Waals surface area contributed by atoms with E-state index in [1.165, 1.54) is 0 Å². The number of carboxylic acids is 1. The van der Waals surface area contributed by atoms with E-state index in [1.807, 2.05) is 0 Å². The van der Waals surface area contributed by atoms with Crippen molar-refractivity contribution in [1.29, 1.82) is 0 Å². The molecule has 0 aliphatic carbocycles. The van der Waals surface area contributed by atoms with Gasteiger partial charge in [-0.25, -0.2) is 9.78 Å². The van der Waals surface area contributed by atoms with E-state index in [9.17, 15) is 9.59 Å². The first-order valence-corrected chi connectivity index (χ1v) is 6.08. The van der Waals surface area contributed by atoms with Crippen molar-refractivity contribution in [2.75, 3.05) is 6.54 Å². The summed E-state index contributed by atoms with van der Waals surface area (Å²) in [5, 5.41) is 18.0. The number of nitrogens with one attached hydrogen (secondary N) is 2. The van der Waals surface area contributed by atoms with Gasteiger partial charge in [-0.15, -0.1) is 0 Å². The Bertz CT molecular complexity index is 432. The van der Waals surface area contributed by atoms with E-state index >= 15 is 0 Å². The van der Waals surface area contributed by atoms with Crippen LogP contribution in [-0.4, -0.2) is 38.4 Å². The molecule has 1 aromatic heterocycles. The minimum Gasteiger partial charge on any atom is -0.481 e. The average molecular weight is 269 g/mol. The molecular formula is C11H19N5O3. The van der Waals surface area contributed by atoms with Gasteiger partial charge in [0.25, 0.3) is 0 Å². The van der Waals surface area contributed by atoms with Crippen LogP contribution in [0.2, 0.25) is 0 Å². The third-order valence-electron chi connectivity index (χ3n) is 2.58. The van der Waals surface area contributed by atoms with Gasteiger partial charge in [0.15, 0.2) is 5.82 Å². The van der Waals surface area contributed by atoms with Gasteiger partial charge in [0.2, 0.25) is 0 Å². The second kappa shape index (κ2) is 7.34. The Morgan fingerprint density at radius 1 is 1.47 bits per heavy atom. The second-order valence-electron chi connectivity index (χ2n) is 4.33. The van der Waals surface area contributed by atoms with Gasteiger partial charge >= 0.3 is 12.0 Å². The van der Waals surface area contributed by atoms with E-state index in [-0.39, 0.29) is 18.5 Å². The number of rotatable bonds is 7. The lowest BCUT2D eigenvalue weighted by Gasteiger charge is -2.08. The van der Waals surface area contributed by atoms with E-state index in [0.717, 1.165) is 0 Å². The van der Waals surface area contributed by atoms with Crippen LogP contribution in [0.4, 0.5) is 4.79 Å². The maximum absolute atomic E-state index is 11.4. The molecule has 0 saturated heterocycles. The molecule has 0 aliphatic rings. The Labute approximate surface area is 111 Å². The predicted molar refractivity (Wildman–Crippen MR) is 67.3 cm³/mol. The topological polar surface area (TPSA) is 109 Å². The van der Waals surface area contributed by atoms with Gasteiger partial charge < -0.3 is 15.7 Å². The first kappa shape index (κ1) is 14.9. The smallest absolute Gasteiger partial charge is 0.315 e. The third-order valence-corrected chi connectivity index (χ3v) is 2.58. The molecule has 8 heteroatoms. The molecule has 19 heavy (non-hydrogen) atoms. The summed E-state index contributed by atoms with van der Waals surface area (Å²) in [7, 11) is 1.75. The minimum atomic E-state index is -0.814. The molecule has 8 nitrogen and oxygen atoms in total. The highest BCUT2D eigenvalue weighted by atomic mass is 16.4. The molecule has 0 spiro atoms. The first-order valence-electron chi connectivity index (χ1n) is 6.08. The van der Waals surface area contributed by atoms with Crippen LogP contribution in [0.5, 0.6) is 0 Å². The fraction of sp³-hybridized carbons (Fsp3) is 0.636. The van der Waals surface area contributed by atoms with Crippen molar-refractivity contribution >= 4 is 12.0 Å². The van der Waals surface area contributed by atoms with Gasteiger partial charge in [-0.05, 0) is 12.8 Å². The summed E-state index contributed by atoms with van der Waals surface area (Å²) in [6.45, 7) is 2.35. The highest BCUT2D eigenvalue weighted by Gasteiger charge is 2.10. The molecule has 1 heterocycles. The molecule has 1 aromatic rings. The molecular weight excluding hydrogens is 250 g/mol. The van der Waals surface area contributed by atoms with Crippen LogP contribution < -0.4 is 10.6 Å². The number of carboxylic acid groups (broad SMARTS) is 1. The van der Waals surface area contributed by atoms with Crippen LogP contribution in [0.25, 0.3) is 0 Å². The van der Waals surface area contributed by atoms with Crippen molar-refractivity contribution in [2.24, 2.45) is 13.0 Å². The Morgan fingerprint density at radius 2 is 2.21 bits per heavy atom. The first-order chi connectivity index (χ1) is 8.99.